The summed E-state index contributed by atoms with van der Waals surface area (Å²) in [7, 11) is 0. The van der Waals surface area contributed by atoms with Crippen molar-refractivity contribution in [2.75, 3.05) is 19.6 Å². The van der Waals surface area contributed by atoms with Gasteiger partial charge in [0.05, 0.1) is 0 Å². The van der Waals surface area contributed by atoms with Crippen LogP contribution in [-0.2, 0) is 4.74 Å². The fourth-order valence-corrected chi connectivity index (χ4v) is 3.61. The molecule has 0 aromatic heterocycles. The summed E-state index contributed by atoms with van der Waals surface area (Å²) in [5, 5.41) is 0.764. The zero-order valence-corrected chi connectivity index (χ0v) is 19.7. The van der Waals surface area contributed by atoms with E-state index in [1.54, 1.807) is 0 Å². The van der Waals surface area contributed by atoms with Crippen LogP contribution in [0.2, 0.25) is 5.02 Å². The van der Waals surface area contributed by atoms with Crippen LogP contribution in [0, 0.1) is 5.92 Å². The minimum Gasteiger partial charge on any atom is -0.444 e. The average Bonchev–Trinajstić information content (AvgIpc) is 2.60. The number of rotatable bonds is 4. The summed E-state index contributed by atoms with van der Waals surface area (Å²) in [6.45, 7) is 18.7. The Morgan fingerprint density at radius 3 is 2.21 bits per heavy atom. The Balaban J connectivity index is 0.00000190. The van der Waals surface area contributed by atoms with E-state index in [4.69, 9.17) is 16.3 Å². The van der Waals surface area contributed by atoms with Gasteiger partial charge < -0.3 is 9.64 Å². The summed E-state index contributed by atoms with van der Waals surface area (Å²) in [6, 6.07) is 8.64. The Hall–Kier alpha value is -1.26. The van der Waals surface area contributed by atoms with Crippen LogP contribution in [-0.4, -0.2) is 47.2 Å². The van der Waals surface area contributed by atoms with Gasteiger partial charge in [-0.2, -0.15) is 0 Å². The molecule has 1 fully saturated rings. The number of amides is 1. The lowest BCUT2D eigenvalue weighted by Gasteiger charge is -2.44. The van der Waals surface area contributed by atoms with Gasteiger partial charge in [-0.3, -0.25) is 4.90 Å². The van der Waals surface area contributed by atoms with E-state index in [1.165, 1.54) is 5.56 Å². The summed E-state index contributed by atoms with van der Waals surface area (Å²) >= 11 is 6.07. The van der Waals surface area contributed by atoms with Gasteiger partial charge >= 0.3 is 6.09 Å². The molecule has 1 aromatic rings. The molecule has 1 aliphatic rings. The lowest BCUT2D eigenvalue weighted by atomic mass is 9.94. The third-order valence-electron chi connectivity index (χ3n) is 4.68. The molecule has 1 aromatic carbocycles. The molecule has 2 atom stereocenters. The van der Waals surface area contributed by atoms with Gasteiger partial charge in [-0.1, -0.05) is 51.4 Å². The summed E-state index contributed by atoms with van der Waals surface area (Å²) in [6.07, 6.45) is 0.873. The Morgan fingerprint density at radius 1 is 1.18 bits per heavy atom. The lowest BCUT2D eigenvalue weighted by molar-refractivity contribution is -0.00609. The van der Waals surface area contributed by atoms with E-state index >= 15 is 0 Å². The van der Waals surface area contributed by atoms with Gasteiger partial charge in [-0.15, -0.1) is 0 Å². The van der Waals surface area contributed by atoms with Crippen molar-refractivity contribution >= 4 is 17.7 Å². The maximum absolute atomic E-state index is 12.5. The maximum atomic E-state index is 12.5. The van der Waals surface area contributed by atoms with Gasteiger partial charge in [0, 0.05) is 36.7 Å². The first-order chi connectivity index (χ1) is 13.1. The van der Waals surface area contributed by atoms with E-state index in [-0.39, 0.29) is 12.1 Å². The second kappa shape index (κ2) is 11.1. The number of hydrogen-bond acceptors (Lipinski definition) is 3. The summed E-state index contributed by atoms with van der Waals surface area (Å²) in [4.78, 5) is 16.8. The van der Waals surface area contributed by atoms with Crippen molar-refractivity contribution < 1.29 is 9.53 Å². The average molecular weight is 411 g/mol. The first-order valence-electron chi connectivity index (χ1n) is 10.6. The summed E-state index contributed by atoms with van der Waals surface area (Å²) in [5.41, 5.74) is 0.832. The van der Waals surface area contributed by atoms with E-state index in [0.29, 0.717) is 18.5 Å². The number of ether oxygens (including phenoxy) is 1. The van der Waals surface area contributed by atoms with Crippen LogP contribution in [0.5, 0.6) is 0 Å². The van der Waals surface area contributed by atoms with E-state index in [1.807, 2.05) is 51.7 Å². The van der Waals surface area contributed by atoms with Crippen LogP contribution >= 0.6 is 11.6 Å². The van der Waals surface area contributed by atoms with Gasteiger partial charge in [0.1, 0.15) is 5.60 Å². The third-order valence-corrected chi connectivity index (χ3v) is 4.93. The second-order valence-corrected chi connectivity index (χ2v) is 9.15. The van der Waals surface area contributed by atoms with Crippen molar-refractivity contribution in [1.29, 1.82) is 0 Å². The van der Waals surface area contributed by atoms with Crippen molar-refractivity contribution in [3.63, 3.8) is 0 Å². The third kappa shape index (κ3) is 7.63. The molecule has 0 spiro atoms. The van der Waals surface area contributed by atoms with Gasteiger partial charge in [0.15, 0.2) is 0 Å². The van der Waals surface area contributed by atoms with E-state index in [0.717, 1.165) is 24.5 Å². The second-order valence-electron chi connectivity index (χ2n) is 8.71. The molecular weight excluding hydrogens is 372 g/mol. The van der Waals surface area contributed by atoms with Crippen LogP contribution in [0.15, 0.2) is 24.3 Å². The molecule has 5 heteroatoms. The van der Waals surface area contributed by atoms with Crippen LogP contribution in [0.25, 0.3) is 0 Å². The molecule has 4 nitrogen and oxygen atoms in total. The topological polar surface area (TPSA) is 32.8 Å². The highest BCUT2D eigenvalue weighted by Crippen LogP contribution is 2.31. The molecular formula is C23H39ClN2O2. The predicted octanol–water partition coefficient (Wildman–Crippen LogP) is 6.39. The van der Waals surface area contributed by atoms with Gasteiger partial charge in [0.2, 0.25) is 0 Å². The monoisotopic (exact) mass is 410 g/mol. The van der Waals surface area contributed by atoms with Gasteiger partial charge in [-0.05, 0) is 57.7 Å². The largest absolute Gasteiger partial charge is 0.444 e. The number of nitrogens with zero attached hydrogens (tertiary/aromatic N) is 2. The molecule has 2 unspecified atom stereocenters. The smallest absolute Gasteiger partial charge is 0.410 e. The first-order valence-corrected chi connectivity index (χ1v) is 10.9. The molecule has 1 amide bonds. The molecule has 0 N–H and O–H groups in total. The van der Waals surface area contributed by atoms with Crippen molar-refractivity contribution in [3.8, 4) is 0 Å². The van der Waals surface area contributed by atoms with Gasteiger partial charge in [-0.25, -0.2) is 4.79 Å². The van der Waals surface area contributed by atoms with Crippen LogP contribution in [0.3, 0.4) is 0 Å². The predicted molar refractivity (Wildman–Crippen MR) is 119 cm³/mol. The number of piperazine rings is 1. The molecule has 0 saturated carbocycles. The summed E-state index contributed by atoms with van der Waals surface area (Å²) < 4.78 is 5.56. The van der Waals surface area contributed by atoms with E-state index in [2.05, 4.69) is 37.8 Å². The Morgan fingerprint density at radius 2 is 1.75 bits per heavy atom. The normalized spacial score (nSPS) is 19.1. The highest BCUT2D eigenvalue weighted by Gasteiger charge is 2.34. The van der Waals surface area contributed by atoms with Gasteiger partial charge in [0.25, 0.3) is 0 Å². The zero-order valence-electron chi connectivity index (χ0n) is 19.0. The van der Waals surface area contributed by atoms with E-state index in [9.17, 15) is 4.79 Å². The van der Waals surface area contributed by atoms with Crippen molar-refractivity contribution in [2.45, 2.75) is 79.5 Å². The molecule has 1 aliphatic heterocycles. The minimum atomic E-state index is -0.461. The number of halogens is 1. The first kappa shape index (κ1) is 24.8. The highest BCUT2D eigenvalue weighted by atomic mass is 35.5. The van der Waals surface area contributed by atoms with E-state index < -0.39 is 5.60 Å². The highest BCUT2D eigenvalue weighted by molar-refractivity contribution is 6.30. The van der Waals surface area contributed by atoms with Crippen LogP contribution in [0.4, 0.5) is 4.79 Å². The standard InChI is InChI=1S/C21H33ClN2O2.C2H6/c1-15(2)13-19(17-7-9-18(22)10-8-17)23-11-12-24(16(3)14-23)20(25)26-21(4,5)6;1-2/h7-10,15-16,19H,11-14H2,1-6H3;1-2H3. The molecule has 0 aliphatic carbocycles. The quantitative estimate of drug-likeness (QED) is 0.576. The molecule has 1 heterocycles. The number of hydrogen-bond donors (Lipinski definition) is 0. The van der Waals surface area contributed by atoms with Crippen molar-refractivity contribution in [3.05, 3.63) is 34.9 Å². The Kier molecular flexibility index (Phi) is 9.79. The number of carbonyl (C=O) groups excluding carboxylic acids is 1. The van der Waals surface area contributed by atoms with Crippen molar-refractivity contribution in [1.82, 2.24) is 9.80 Å². The lowest BCUT2D eigenvalue weighted by Crippen LogP contribution is -2.55. The summed E-state index contributed by atoms with van der Waals surface area (Å²) in [5.74, 6) is 0.592. The Labute approximate surface area is 177 Å². The van der Waals surface area contributed by atoms with Crippen LogP contribution in [0.1, 0.15) is 73.4 Å². The maximum Gasteiger partial charge on any atom is 0.410 e. The molecule has 160 valence electrons. The zero-order chi connectivity index (χ0) is 21.5. The fourth-order valence-electron chi connectivity index (χ4n) is 3.49. The molecule has 28 heavy (non-hydrogen) atoms. The Bertz CT molecular complexity index is 596. The number of carbonyl (C=O) groups is 1. The van der Waals surface area contributed by atoms with Crippen molar-refractivity contribution in [2.24, 2.45) is 5.92 Å². The molecule has 2 rings (SSSR count). The molecule has 1 saturated heterocycles. The molecule has 0 bridgehead atoms. The molecule has 0 radical (unpaired) electrons. The fraction of sp³-hybridized carbons (Fsp3) is 0.696. The number of benzene rings is 1. The van der Waals surface area contributed by atoms with Crippen LogP contribution < -0.4 is 0 Å². The minimum absolute atomic E-state index is 0.126. The SMILES string of the molecule is CC.CC(C)CC(c1ccc(Cl)cc1)N1CCN(C(=O)OC(C)(C)C)C(C)C1.